The number of methoxy groups -OCH3 is 1. The molecule has 0 saturated carbocycles. The van der Waals surface area contributed by atoms with Crippen molar-refractivity contribution in [2.75, 3.05) is 38.8 Å². The molecule has 18 heavy (non-hydrogen) atoms. The normalized spacial score (nSPS) is 24.1. The van der Waals surface area contributed by atoms with Crippen molar-refractivity contribution in [3.05, 3.63) is 0 Å². The Kier molecular flexibility index (Phi) is 5.55. The Labute approximate surface area is 109 Å². The topological polar surface area (TPSA) is 75.7 Å². The van der Waals surface area contributed by atoms with E-state index in [9.17, 15) is 13.2 Å². The molecular weight excluding hydrogens is 256 g/mol. The van der Waals surface area contributed by atoms with Crippen LogP contribution < -0.4 is 5.32 Å². The highest BCUT2D eigenvalue weighted by atomic mass is 32.2. The fraction of sp³-hybridized carbons (Fsp3) is 0.909. The Bertz CT molecular complexity index is 383. The lowest BCUT2D eigenvalue weighted by atomic mass is 10.2. The van der Waals surface area contributed by atoms with Crippen LogP contribution in [0.4, 0.5) is 0 Å². The van der Waals surface area contributed by atoms with Crippen LogP contribution in [0.1, 0.15) is 13.3 Å². The molecule has 2 atom stereocenters. The number of hydrogen-bond acceptors (Lipinski definition) is 6. The van der Waals surface area contributed by atoms with Gasteiger partial charge in [0.05, 0.1) is 18.6 Å². The van der Waals surface area contributed by atoms with Crippen LogP contribution in [0.2, 0.25) is 0 Å². The molecule has 1 rings (SSSR count). The molecule has 0 aromatic carbocycles. The van der Waals surface area contributed by atoms with Gasteiger partial charge >= 0.3 is 5.97 Å². The summed E-state index contributed by atoms with van der Waals surface area (Å²) in [4.78, 5) is 13.5. The molecule has 106 valence electrons. The Morgan fingerprint density at radius 1 is 1.56 bits per heavy atom. The summed E-state index contributed by atoms with van der Waals surface area (Å²) in [5.74, 6) is 0.111. The maximum absolute atomic E-state index is 11.6. The van der Waals surface area contributed by atoms with Gasteiger partial charge in [0, 0.05) is 12.6 Å². The van der Waals surface area contributed by atoms with Gasteiger partial charge in [-0.1, -0.05) is 6.92 Å². The summed E-state index contributed by atoms with van der Waals surface area (Å²) in [5.41, 5.74) is 0. The van der Waals surface area contributed by atoms with Crippen LogP contribution in [0.3, 0.4) is 0 Å². The van der Waals surface area contributed by atoms with Crippen molar-refractivity contribution >= 4 is 15.8 Å². The molecule has 7 heteroatoms. The minimum Gasteiger partial charge on any atom is -0.468 e. The van der Waals surface area contributed by atoms with E-state index in [1.54, 1.807) is 0 Å². The van der Waals surface area contributed by atoms with E-state index in [1.807, 2.05) is 18.9 Å². The highest BCUT2D eigenvalue weighted by molar-refractivity contribution is 7.91. The van der Waals surface area contributed by atoms with Gasteiger partial charge in [0.15, 0.2) is 9.84 Å². The highest BCUT2D eigenvalue weighted by Crippen LogP contribution is 2.16. The summed E-state index contributed by atoms with van der Waals surface area (Å²) in [5, 5.41) is 3.04. The zero-order chi connectivity index (χ0) is 13.8. The number of hydrogen-bond donors (Lipinski definition) is 1. The summed E-state index contributed by atoms with van der Waals surface area (Å²) in [7, 11) is 0.307. The first kappa shape index (κ1) is 15.4. The van der Waals surface area contributed by atoms with Crippen molar-refractivity contribution in [2.24, 2.45) is 0 Å². The molecular formula is C11H22N2O4S. The van der Waals surface area contributed by atoms with Gasteiger partial charge in [-0.05, 0) is 20.0 Å². The third-order valence-electron chi connectivity index (χ3n) is 3.24. The predicted molar refractivity (Wildman–Crippen MR) is 69.2 cm³/mol. The van der Waals surface area contributed by atoms with Crippen LogP contribution in [0.15, 0.2) is 0 Å². The van der Waals surface area contributed by atoms with Crippen LogP contribution in [0.25, 0.3) is 0 Å². The van der Waals surface area contributed by atoms with Crippen molar-refractivity contribution < 1.29 is 17.9 Å². The zero-order valence-corrected chi connectivity index (χ0v) is 12.0. The average molecular weight is 278 g/mol. The fourth-order valence-corrected chi connectivity index (χ4v) is 3.98. The summed E-state index contributed by atoms with van der Waals surface area (Å²) in [6.07, 6.45) is 0.638. The molecule has 1 fully saturated rings. The van der Waals surface area contributed by atoms with Crippen LogP contribution >= 0.6 is 0 Å². The standard InChI is InChI=1S/C11H22N2O4S/c1-4-12-10(11(14)17-3)7-13(2)9-5-6-18(15,16)8-9/h9-10,12H,4-8H2,1-3H3. The number of nitrogens with zero attached hydrogens (tertiary/aromatic N) is 1. The van der Waals surface area contributed by atoms with E-state index in [0.29, 0.717) is 19.5 Å². The zero-order valence-electron chi connectivity index (χ0n) is 11.2. The van der Waals surface area contributed by atoms with E-state index in [4.69, 9.17) is 4.74 Å². The van der Waals surface area contributed by atoms with E-state index in [1.165, 1.54) is 7.11 Å². The predicted octanol–water partition coefficient (Wildman–Crippen LogP) is -0.744. The van der Waals surface area contributed by atoms with Gasteiger partial charge in [-0.15, -0.1) is 0 Å². The number of sulfone groups is 1. The molecule has 2 unspecified atom stereocenters. The van der Waals surface area contributed by atoms with Crippen molar-refractivity contribution in [1.82, 2.24) is 10.2 Å². The first-order valence-corrected chi connectivity index (χ1v) is 7.93. The van der Waals surface area contributed by atoms with Gasteiger partial charge in [-0.2, -0.15) is 0 Å². The molecule has 0 amide bonds. The lowest BCUT2D eigenvalue weighted by Gasteiger charge is -2.27. The second-order valence-electron chi connectivity index (χ2n) is 4.63. The number of rotatable bonds is 6. The summed E-state index contributed by atoms with van der Waals surface area (Å²) in [6.45, 7) is 3.03. The SMILES string of the molecule is CCNC(CN(C)C1CCS(=O)(=O)C1)C(=O)OC. The minimum absolute atomic E-state index is 0.000752. The molecule has 6 nitrogen and oxygen atoms in total. The van der Waals surface area contributed by atoms with E-state index >= 15 is 0 Å². The lowest BCUT2D eigenvalue weighted by Crippen LogP contribution is -2.48. The van der Waals surface area contributed by atoms with Crippen molar-refractivity contribution in [3.63, 3.8) is 0 Å². The van der Waals surface area contributed by atoms with Gasteiger partial charge in [0.25, 0.3) is 0 Å². The summed E-state index contributed by atoms with van der Waals surface area (Å²) in [6, 6.07) is -0.408. The Morgan fingerprint density at radius 3 is 2.67 bits per heavy atom. The van der Waals surface area contributed by atoms with E-state index in [2.05, 4.69) is 5.32 Å². The number of likely N-dealkylation sites (N-methyl/N-ethyl adjacent to an activating group) is 2. The van der Waals surface area contributed by atoms with Gasteiger partial charge in [-0.25, -0.2) is 8.42 Å². The van der Waals surface area contributed by atoms with Gasteiger partial charge in [0.2, 0.25) is 0 Å². The molecule has 1 aliphatic heterocycles. The Balaban J connectivity index is 2.56. The minimum atomic E-state index is -2.89. The number of carbonyl (C=O) groups is 1. The average Bonchev–Trinajstić information content (AvgIpc) is 2.68. The van der Waals surface area contributed by atoms with Gasteiger partial charge in [-0.3, -0.25) is 4.79 Å². The quantitative estimate of drug-likeness (QED) is 0.645. The first-order chi connectivity index (χ1) is 8.39. The second-order valence-corrected chi connectivity index (χ2v) is 6.86. The monoisotopic (exact) mass is 278 g/mol. The third kappa shape index (κ3) is 4.22. The van der Waals surface area contributed by atoms with Crippen molar-refractivity contribution in [2.45, 2.75) is 25.4 Å². The molecule has 0 aliphatic carbocycles. The Hall–Kier alpha value is -0.660. The molecule has 1 N–H and O–H groups in total. The van der Waals surface area contributed by atoms with Crippen LogP contribution in [0.5, 0.6) is 0 Å². The molecule has 1 heterocycles. The Morgan fingerprint density at radius 2 is 2.22 bits per heavy atom. The number of ether oxygens (including phenoxy) is 1. The molecule has 1 saturated heterocycles. The smallest absolute Gasteiger partial charge is 0.324 e. The summed E-state index contributed by atoms with van der Waals surface area (Å²) < 4.78 is 27.5. The molecule has 0 aromatic rings. The maximum atomic E-state index is 11.6. The van der Waals surface area contributed by atoms with Crippen LogP contribution in [0, 0.1) is 0 Å². The van der Waals surface area contributed by atoms with E-state index in [-0.39, 0.29) is 23.5 Å². The maximum Gasteiger partial charge on any atom is 0.324 e. The number of esters is 1. The van der Waals surface area contributed by atoms with Crippen LogP contribution in [-0.2, 0) is 19.4 Å². The molecule has 1 aliphatic rings. The second kappa shape index (κ2) is 6.49. The van der Waals surface area contributed by atoms with E-state index < -0.39 is 15.9 Å². The lowest BCUT2D eigenvalue weighted by molar-refractivity contribution is -0.143. The van der Waals surface area contributed by atoms with Crippen molar-refractivity contribution in [3.8, 4) is 0 Å². The molecule has 0 bridgehead atoms. The van der Waals surface area contributed by atoms with E-state index in [0.717, 1.165) is 0 Å². The van der Waals surface area contributed by atoms with Gasteiger partial charge < -0.3 is 15.0 Å². The molecule has 0 radical (unpaired) electrons. The summed E-state index contributed by atoms with van der Waals surface area (Å²) >= 11 is 0. The van der Waals surface area contributed by atoms with Crippen LogP contribution in [-0.4, -0.2) is 70.1 Å². The molecule has 0 aromatic heterocycles. The molecule has 0 spiro atoms. The third-order valence-corrected chi connectivity index (χ3v) is 4.99. The largest absolute Gasteiger partial charge is 0.468 e. The van der Waals surface area contributed by atoms with Crippen molar-refractivity contribution in [1.29, 1.82) is 0 Å². The number of nitrogens with one attached hydrogen (secondary N) is 1. The van der Waals surface area contributed by atoms with Gasteiger partial charge in [0.1, 0.15) is 6.04 Å². The number of carbonyl (C=O) groups excluding carboxylic acids is 1. The fourth-order valence-electron chi connectivity index (χ4n) is 2.17. The highest BCUT2D eigenvalue weighted by Gasteiger charge is 2.32. The first-order valence-electron chi connectivity index (χ1n) is 6.11.